The number of halogens is 1. The van der Waals surface area contributed by atoms with Crippen molar-refractivity contribution in [3.8, 4) is 0 Å². The van der Waals surface area contributed by atoms with E-state index < -0.39 is 0 Å². The summed E-state index contributed by atoms with van der Waals surface area (Å²) in [6.07, 6.45) is 8.93. The minimum absolute atomic E-state index is 0.398. The van der Waals surface area contributed by atoms with Gasteiger partial charge in [-0.25, -0.2) is 0 Å². The van der Waals surface area contributed by atoms with Gasteiger partial charge in [0.15, 0.2) is 0 Å². The van der Waals surface area contributed by atoms with Gasteiger partial charge in [0.2, 0.25) is 0 Å². The summed E-state index contributed by atoms with van der Waals surface area (Å²) in [4.78, 5) is 0. The fraction of sp³-hybridized carbons (Fsp3) is 0.647. The molecule has 1 aromatic rings. The smallest absolute Gasteiger partial charge is 0.0367 e. The highest BCUT2D eigenvalue weighted by molar-refractivity contribution is 6.20. The maximum atomic E-state index is 6.52. The predicted octanol–water partition coefficient (Wildman–Crippen LogP) is 4.76. The summed E-state index contributed by atoms with van der Waals surface area (Å²) in [7, 11) is 0. The van der Waals surface area contributed by atoms with Crippen molar-refractivity contribution in [1.82, 2.24) is 0 Å². The quantitative estimate of drug-likeness (QED) is 0.674. The Morgan fingerprint density at radius 1 is 1.17 bits per heavy atom. The number of hydrogen-bond donors (Lipinski definition) is 0. The normalized spacial score (nSPS) is 31.3. The fourth-order valence-electron chi connectivity index (χ4n) is 3.73. The van der Waals surface area contributed by atoms with Crippen LogP contribution in [0.15, 0.2) is 18.2 Å². The lowest BCUT2D eigenvalue weighted by Gasteiger charge is -2.31. The van der Waals surface area contributed by atoms with Gasteiger partial charge in [0.25, 0.3) is 0 Å². The van der Waals surface area contributed by atoms with E-state index in [0.717, 1.165) is 5.92 Å². The van der Waals surface area contributed by atoms with Crippen molar-refractivity contribution in [2.75, 3.05) is 0 Å². The molecule has 0 saturated heterocycles. The van der Waals surface area contributed by atoms with E-state index in [-0.39, 0.29) is 0 Å². The van der Waals surface area contributed by atoms with E-state index in [4.69, 9.17) is 11.6 Å². The summed E-state index contributed by atoms with van der Waals surface area (Å²) in [5.74, 6) is 1.55. The largest absolute Gasteiger partial charge is 0.123 e. The van der Waals surface area contributed by atoms with Gasteiger partial charge in [-0.05, 0) is 73.5 Å². The van der Waals surface area contributed by atoms with E-state index in [1.807, 2.05) is 0 Å². The van der Waals surface area contributed by atoms with E-state index in [0.29, 0.717) is 11.3 Å². The van der Waals surface area contributed by atoms with Gasteiger partial charge in [0, 0.05) is 5.38 Å². The summed E-state index contributed by atoms with van der Waals surface area (Å²) in [6, 6.07) is 7.14. The summed E-state index contributed by atoms with van der Waals surface area (Å²) in [6.45, 7) is 2.37. The number of rotatable bonds is 2. The van der Waals surface area contributed by atoms with Crippen molar-refractivity contribution in [2.24, 2.45) is 11.8 Å². The van der Waals surface area contributed by atoms with Crippen molar-refractivity contribution in [3.63, 3.8) is 0 Å². The first-order chi connectivity index (χ1) is 8.72. The molecule has 1 heteroatoms. The lowest BCUT2D eigenvalue weighted by Crippen LogP contribution is -2.26. The van der Waals surface area contributed by atoms with Crippen LogP contribution in [0.1, 0.15) is 49.3 Å². The van der Waals surface area contributed by atoms with Crippen molar-refractivity contribution >= 4 is 11.6 Å². The van der Waals surface area contributed by atoms with Gasteiger partial charge in [-0.1, -0.05) is 25.1 Å². The second kappa shape index (κ2) is 5.25. The van der Waals surface area contributed by atoms with Crippen LogP contribution in [0.5, 0.6) is 0 Å². The highest BCUT2D eigenvalue weighted by atomic mass is 35.5. The highest BCUT2D eigenvalue weighted by Crippen LogP contribution is 2.35. The molecule has 0 radical (unpaired) electrons. The first-order valence-corrected chi connectivity index (χ1v) is 7.91. The van der Waals surface area contributed by atoms with Crippen LogP contribution in [0.2, 0.25) is 0 Å². The first-order valence-electron chi connectivity index (χ1n) is 7.47. The van der Waals surface area contributed by atoms with Crippen molar-refractivity contribution in [2.45, 2.75) is 57.2 Å². The maximum absolute atomic E-state index is 6.52. The Hall–Kier alpha value is -0.490. The first kappa shape index (κ1) is 12.5. The predicted molar refractivity (Wildman–Crippen MR) is 78.3 cm³/mol. The minimum atomic E-state index is 0.398. The van der Waals surface area contributed by atoms with Crippen molar-refractivity contribution < 1.29 is 0 Å². The molecule has 2 aliphatic carbocycles. The van der Waals surface area contributed by atoms with Crippen LogP contribution in [-0.2, 0) is 19.3 Å². The van der Waals surface area contributed by atoms with Crippen molar-refractivity contribution in [1.29, 1.82) is 0 Å². The van der Waals surface area contributed by atoms with Gasteiger partial charge in [-0.3, -0.25) is 0 Å². The van der Waals surface area contributed by atoms with E-state index in [2.05, 4.69) is 25.1 Å². The van der Waals surface area contributed by atoms with Crippen LogP contribution in [0.3, 0.4) is 0 Å². The molecule has 0 nitrogen and oxygen atoms in total. The Labute approximate surface area is 116 Å². The van der Waals surface area contributed by atoms with Crippen LogP contribution in [0.25, 0.3) is 0 Å². The molecule has 1 saturated carbocycles. The molecule has 0 bridgehead atoms. The zero-order chi connectivity index (χ0) is 12.5. The average molecular weight is 263 g/mol. The highest BCUT2D eigenvalue weighted by Gasteiger charge is 2.27. The number of hydrogen-bond acceptors (Lipinski definition) is 0. The van der Waals surface area contributed by atoms with Gasteiger partial charge in [0.05, 0.1) is 0 Å². The number of benzene rings is 1. The second-order valence-corrected chi connectivity index (χ2v) is 6.92. The van der Waals surface area contributed by atoms with Gasteiger partial charge >= 0.3 is 0 Å². The zero-order valence-corrected chi connectivity index (χ0v) is 12.0. The van der Waals surface area contributed by atoms with Gasteiger partial charge in [-0.15, -0.1) is 11.6 Å². The molecule has 18 heavy (non-hydrogen) atoms. The van der Waals surface area contributed by atoms with E-state index in [1.54, 1.807) is 11.1 Å². The minimum Gasteiger partial charge on any atom is -0.123 e. The van der Waals surface area contributed by atoms with Gasteiger partial charge < -0.3 is 0 Å². The van der Waals surface area contributed by atoms with Crippen molar-refractivity contribution in [3.05, 3.63) is 34.9 Å². The summed E-state index contributed by atoms with van der Waals surface area (Å²) in [5.41, 5.74) is 4.70. The standard InChI is InChI=1S/C17H23Cl/c1-12-5-8-17(18)16(9-12)11-13-6-7-14-3-2-4-15(14)10-13/h6-7,10,12,16-17H,2-5,8-9,11H2,1H3. The molecule has 1 fully saturated rings. The molecule has 1 aromatic carbocycles. The topological polar surface area (TPSA) is 0 Å². The lowest BCUT2D eigenvalue weighted by atomic mass is 9.79. The molecule has 3 unspecified atom stereocenters. The van der Waals surface area contributed by atoms with E-state index in [1.165, 1.54) is 50.5 Å². The Kier molecular flexibility index (Phi) is 3.66. The van der Waals surface area contributed by atoms with Crippen LogP contribution in [0.4, 0.5) is 0 Å². The Morgan fingerprint density at radius 3 is 2.89 bits per heavy atom. The Balaban J connectivity index is 1.72. The summed E-state index contributed by atoms with van der Waals surface area (Å²) >= 11 is 6.52. The fourth-order valence-corrected chi connectivity index (χ4v) is 4.05. The third-order valence-corrected chi connectivity index (χ3v) is 5.39. The van der Waals surface area contributed by atoms with Gasteiger partial charge in [-0.2, -0.15) is 0 Å². The Morgan fingerprint density at radius 2 is 2.00 bits per heavy atom. The van der Waals surface area contributed by atoms with Crippen LogP contribution in [0, 0.1) is 11.8 Å². The number of alkyl halides is 1. The summed E-state index contributed by atoms with van der Waals surface area (Å²) in [5, 5.41) is 0.398. The lowest BCUT2D eigenvalue weighted by molar-refractivity contribution is 0.287. The molecule has 0 N–H and O–H groups in total. The van der Waals surface area contributed by atoms with Crippen LogP contribution < -0.4 is 0 Å². The molecule has 3 atom stereocenters. The van der Waals surface area contributed by atoms with E-state index in [9.17, 15) is 0 Å². The number of aryl methyl sites for hydroxylation is 2. The molecule has 0 aliphatic heterocycles. The van der Waals surface area contributed by atoms with Crippen LogP contribution in [-0.4, -0.2) is 5.38 Å². The molecule has 0 amide bonds. The molecular weight excluding hydrogens is 240 g/mol. The third kappa shape index (κ3) is 2.59. The molecule has 0 spiro atoms. The summed E-state index contributed by atoms with van der Waals surface area (Å²) < 4.78 is 0. The molecular formula is C17H23Cl. The zero-order valence-electron chi connectivity index (χ0n) is 11.3. The molecule has 98 valence electrons. The maximum Gasteiger partial charge on any atom is 0.0367 e. The second-order valence-electron chi connectivity index (χ2n) is 6.36. The van der Waals surface area contributed by atoms with Gasteiger partial charge in [0.1, 0.15) is 0 Å². The molecule has 0 aromatic heterocycles. The van der Waals surface area contributed by atoms with Crippen LogP contribution >= 0.6 is 11.6 Å². The molecule has 3 rings (SSSR count). The molecule has 2 aliphatic rings. The number of fused-ring (bicyclic) bond motifs is 1. The third-order valence-electron chi connectivity index (χ3n) is 4.81. The average Bonchev–Trinajstić information content (AvgIpc) is 2.81. The van der Waals surface area contributed by atoms with E-state index >= 15 is 0 Å². The Bertz CT molecular complexity index is 424. The monoisotopic (exact) mass is 262 g/mol. The SMILES string of the molecule is CC1CCC(Cl)C(Cc2ccc3c(c2)CCC3)C1. The molecule has 0 heterocycles.